The van der Waals surface area contributed by atoms with Gasteiger partial charge in [-0.1, -0.05) is 56.7 Å². The third-order valence-electron chi connectivity index (χ3n) is 3.61. The number of amides is 1. The average molecular weight is 444 g/mol. The summed E-state index contributed by atoms with van der Waals surface area (Å²) in [6.07, 6.45) is 0.891. The minimum absolute atomic E-state index is 0.101. The Hall–Kier alpha value is -1.58. The molecule has 1 fully saturated rings. The maximum atomic E-state index is 13.5. The summed E-state index contributed by atoms with van der Waals surface area (Å²) in [6, 6.07) is 6.96. The van der Waals surface area contributed by atoms with E-state index in [2.05, 4.69) is 28.1 Å². The molecule has 3 rings (SSSR count). The van der Waals surface area contributed by atoms with Gasteiger partial charge in [0.25, 0.3) is 5.91 Å². The summed E-state index contributed by atoms with van der Waals surface area (Å²) in [5, 5.41) is 6.90. The van der Waals surface area contributed by atoms with E-state index in [-0.39, 0.29) is 17.0 Å². The van der Waals surface area contributed by atoms with Crippen LogP contribution in [0.3, 0.4) is 0 Å². The first-order chi connectivity index (χ1) is 14.1. The van der Waals surface area contributed by atoms with E-state index < -0.39 is 11.4 Å². The Kier molecular flexibility index (Phi) is 12.6. The highest BCUT2D eigenvalue weighted by molar-refractivity contribution is 8.14. The number of hydrogen-bond acceptors (Lipinski definition) is 7. The predicted molar refractivity (Wildman–Crippen MR) is 121 cm³/mol. The molecule has 0 aromatic heterocycles. The molecule has 1 N–H and O–H groups in total. The lowest BCUT2D eigenvalue weighted by atomic mass is 10.1. The molecule has 1 aromatic rings. The monoisotopic (exact) mass is 443 g/mol. The van der Waals surface area contributed by atoms with Crippen LogP contribution in [0.2, 0.25) is 0 Å². The molecule has 1 amide bonds. The van der Waals surface area contributed by atoms with E-state index in [1.54, 1.807) is 24.3 Å². The summed E-state index contributed by atoms with van der Waals surface area (Å²) in [6.45, 7) is 9.40. The van der Waals surface area contributed by atoms with E-state index >= 15 is 0 Å². The number of carbonyl (C=O) groups excluding carboxylic acids is 1. The molecule has 1 unspecified atom stereocenters. The fourth-order valence-corrected chi connectivity index (χ4v) is 3.21. The minimum atomic E-state index is -1.07. The first-order valence-electron chi connectivity index (χ1n) is 9.89. The number of amidine groups is 1. The number of nitrogens with one attached hydrogen (secondary N) is 1. The van der Waals surface area contributed by atoms with E-state index in [4.69, 9.17) is 9.57 Å². The molecule has 2 aliphatic rings. The van der Waals surface area contributed by atoms with E-state index in [0.29, 0.717) is 31.7 Å². The van der Waals surface area contributed by atoms with Crippen molar-refractivity contribution in [3.05, 3.63) is 29.8 Å². The van der Waals surface area contributed by atoms with E-state index in [1.807, 2.05) is 27.7 Å². The Morgan fingerprint density at radius 1 is 1.28 bits per heavy atom. The Morgan fingerprint density at radius 2 is 1.97 bits per heavy atom. The Labute approximate surface area is 182 Å². The van der Waals surface area contributed by atoms with Gasteiger partial charge in [0.05, 0.1) is 13.2 Å². The number of hydrogen-bond donors (Lipinski definition) is 2. The lowest BCUT2D eigenvalue weighted by Crippen LogP contribution is -2.37. The van der Waals surface area contributed by atoms with E-state index in [9.17, 15) is 9.18 Å². The van der Waals surface area contributed by atoms with Gasteiger partial charge in [-0.3, -0.25) is 15.1 Å². The fourth-order valence-electron chi connectivity index (χ4n) is 2.28. The molecule has 2 aliphatic heterocycles. The summed E-state index contributed by atoms with van der Waals surface area (Å²) in [5.41, 5.74) is -0.388. The summed E-state index contributed by atoms with van der Waals surface area (Å²) in [4.78, 5) is 23.0. The third-order valence-corrected chi connectivity index (χ3v) is 4.85. The number of ether oxygens (including phenoxy) is 1. The van der Waals surface area contributed by atoms with Crippen LogP contribution >= 0.6 is 24.4 Å². The normalized spacial score (nSPS) is 21.0. The zero-order valence-corrected chi connectivity index (χ0v) is 19.1. The lowest BCUT2D eigenvalue weighted by molar-refractivity contribution is -0.113. The fraction of sp³-hybridized carbons (Fsp3) is 0.550. The Balaban J connectivity index is 0.000000989. The number of carbonyl (C=O) groups is 1. The second-order valence-corrected chi connectivity index (χ2v) is 7.19. The van der Waals surface area contributed by atoms with Gasteiger partial charge in [-0.25, -0.2) is 4.39 Å². The summed E-state index contributed by atoms with van der Waals surface area (Å²) in [7, 11) is 0. The molecule has 2 heterocycles. The van der Waals surface area contributed by atoms with Crippen molar-refractivity contribution in [3.63, 3.8) is 0 Å². The van der Waals surface area contributed by atoms with Crippen molar-refractivity contribution in [2.45, 2.75) is 57.0 Å². The van der Waals surface area contributed by atoms with Crippen molar-refractivity contribution in [1.82, 2.24) is 5.32 Å². The second kappa shape index (κ2) is 14.4. The number of halogens is 1. The van der Waals surface area contributed by atoms with Gasteiger partial charge >= 0.3 is 0 Å². The van der Waals surface area contributed by atoms with Gasteiger partial charge in [-0.05, 0) is 12.1 Å². The highest BCUT2D eigenvalue weighted by Gasteiger charge is 2.23. The van der Waals surface area contributed by atoms with Crippen LogP contribution in [0.4, 0.5) is 4.39 Å². The van der Waals surface area contributed by atoms with Gasteiger partial charge in [0.15, 0.2) is 22.5 Å². The molecule has 0 saturated carbocycles. The van der Waals surface area contributed by atoms with Crippen molar-refractivity contribution in [2.24, 2.45) is 10.1 Å². The Bertz CT molecular complexity index is 678. The minimum Gasteiger partial charge on any atom is -0.389 e. The number of rotatable bonds is 4. The molecular formula is C20H30FN3O3S2. The number of thiol groups is 1. The van der Waals surface area contributed by atoms with Gasteiger partial charge in [0.2, 0.25) is 0 Å². The highest BCUT2D eigenvalue weighted by atomic mass is 32.2. The van der Waals surface area contributed by atoms with Crippen molar-refractivity contribution in [3.8, 4) is 0 Å². The molecule has 1 aromatic carbocycles. The van der Waals surface area contributed by atoms with Gasteiger partial charge in [-0.2, -0.15) is 0 Å². The summed E-state index contributed by atoms with van der Waals surface area (Å²) < 4.78 is 18.7. The van der Waals surface area contributed by atoms with E-state index in [0.717, 1.165) is 23.1 Å². The molecule has 2 atom stereocenters. The van der Waals surface area contributed by atoms with Crippen LogP contribution in [0.15, 0.2) is 39.3 Å². The van der Waals surface area contributed by atoms with Crippen molar-refractivity contribution >= 4 is 41.2 Å². The molecule has 9 heteroatoms. The second-order valence-electron chi connectivity index (χ2n) is 5.54. The van der Waals surface area contributed by atoms with Crippen molar-refractivity contribution in [1.29, 1.82) is 0 Å². The maximum Gasteiger partial charge on any atom is 0.279 e. The highest BCUT2D eigenvalue weighted by Crippen LogP contribution is 2.21. The zero-order valence-electron chi connectivity index (χ0n) is 17.4. The molecule has 1 saturated heterocycles. The molecule has 29 heavy (non-hydrogen) atoms. The van der Waals surface area contributed by atoms with Gasteiger partial charge in [-0.15, -0.1) is 12.6 Å². The standard InChI is InChI=1S/C16H18FN3O3S2.2C2H6/c17-13-5-7-18-16(25-13)19-15(21)14(10-1-3-12(24)4-2-10)20-23-11-6-8-22-9-11;2*1-2/h1-4,11,13,24H,5-9H2,(H,18,19,21);2*1-2H3/b20-14+;;/t11-,13?;;/m1../s1. The summed E-state index contributed by atoms with van der Waals surface area (Å²) in [5.74, 6) is -0.494. The number of aliphatic imine (C=N–C) groups is 1. The SMILES string of the molecule is CC.CC.O=C(NC1=NCCC(F)S1)/C(=N/O[C@@H]1CCOC1)c1ccc(S)cc1. The molecular weight excluding hydrogens is 413 g/mol. The molecule has 0 aliphatic carbocycles. The van der Waals surface area contributed by atoms with Crippen molar-refractivity contribution < 1.29 is 18.8 Å². The zero-order chi connectivity index (χ0) is 21.6. The van der Waals surface area contributed by atoms with Crippen LogP contribution in [0.5, 0.6) is 0 Å². The Morgan fingerprint density at radius 3 is 2.55 bits per heavy atom. The number of benzene rings is 1. The topological polar surface area (TPSA) is 72.3 Å². The van der Waals surface area contributed by atoms with Crippen LogP contribution in [-0.4, -0.2) is 48.2 Å². The maximum absolute atomic E-state index is 13.5. The van der Waals surface area contributed by atoms with Gasteiger partial charge < -0.3 is 9.57 Å². The van der Waals surface area contributed by atoms with Crippen molar-refractivity contribution in [2.75, 3.05) is 19.8 Å². The third kappa shape index (κ3) is 8.76. The number of oxime groups is 1. The smallest absolute Gasteiger partial charge is 0.279 e. The lowest BCUT2D eigenvalue weighted by Gasteiger charge is -2.16. The molecule has 0 radical (unpaired) electrons. The van der Waals surface area contributed by atoms with Crippen LogP contribution in [0, 0.1) is 0 Å². The molecule has 0 bridgehead atoms. The van der Waals surface area contributed by atoms with E-state index in [1.165, 1.54) is 0 Å². The first-order valence-corrected chi connectivity index (χ1v) is 11.2. The number of nitrogens with zero attached hydrogens (tertiary/aromatic N) is 2. The number of alkyl halides is 1. The predicted octanol–water partition coefficient (Wildman–Crippen LogP) is 4.44. The van der Waals surface area contributed by atoms with Crippen LogP contribution in [0.25, 0.3) is 0 Å². The van der Waals surface area contributed by atoms with Crippen LogP contribution in [0.1, 0.15) is 46.1 Å². The first kappa shape index (κ1) is 25.5. The summed E-state index contributed by atoms with van der Waals surface area (Å²) >= 11 is 5.14. The van der Waals surface area contributed by atoms with Gasteiger partial charge in [0, 0.05) is 29.8 Å². The van der Waals surface area contributed by atoms with Crippen LogP contribution in [-0.2, 0) is 14.4 Å². The molecule has 162 valence electrons. The largest absolute Gasteiger partial charge is 0.389 e. The number of thioether (sulfide) groups is 1. The average Bonchev–Trinajstić information content (AvgIpc) is 3.26. The van der Waals surface area contributed by atoms with Gasteiger partial charge in [0.1, 0.15) is 0 Å². The molecule has 6 nitrogen and oxygen atoms in total. The van der Waals surface area contributed by atoms with Crippen LogP contribution < -0.4 is 5.32 Å². The quantitative estimate of drug-likeness (QED) is 0.410. The molecule has 0 spiro atoms.